The Kier molecular flexibility index (Phi) is 3.58. The summed E-state index contributed by atoms with van der Waals surface area (Å²) < 4.78 is 30.2. The van der Waals surface area contributed by atoms with Gasteiger partial charge >= 0.3 is 0 Å². The molecule has 1 aromatic rings. The van der Waals surface area contributed by atoms with Gasteiger partial charge in [0.15, 0.2) is 0 Å². The third-order valence-corrected chi connectivity index (χ3v) is 1.82. The SMILES string of the molecule is CCOc1cc(O[SH](=O)=O)ccc1N. The van der Waals surface area contributed by atoms with Gasteiger partial charge in [-0.1, -0.05) is 0 Å². The number of rotatable bonds is 4. The molecule has 0 radical (unpaired) electrons. The zero-order chi connectivity index (χ0) is 10.6. The molecule has 0 fully saturated rings. The summed E-state index contributed by atoms with van der Waals surface area (Å²) in [5, 5.41) is 0. The molecule has 0 saturated heterocycles. The molecule has 0 amide bonds. The van der Waals surface area contributed by atoms with Gasteiger partial charge in [-0.15, -0.1) is 0 Å². The Morgan fingerprint density at radius 3 is 2.71 bits per heavy atom. The van der Waals surface area contributed by atoms with Gasteiger partial charge in [-0.25, -0.2) is 0 Å². The van der Waals surface area contributed by atoms with Crippen LogP contribution in [0.5, 0.6) is 11.5 Å². The zero-order valence-electron chi connectivity index (χ0n) is 7.60. The van der Waals surface area contributed by atoms with E-state index in [9.17, 15) is 8.42 Å². The predicted octanol–water partition coefficient (Wildman–Crippen LogP) is 0.573. The standard InChI is InChI=1S/C8H11NO4S/c1-2-12-8-5-6(13-14(10)11)3-4-7(8)9/h3-5,14H,2,9H2,1H3. The molecular formula is C8H11NO4S. The van der Waals surface area contributed by atoms with E-state index >= 15 is 0 Å². The van der Waals surface area contributed by atoms with E-state index < -0.39 is 11.0 Å². The van der Waals surface area contributed by atoms with Gasteiger partial charge in [0.1, 0.15) is 11.5 Å². The van der Waals surface area contributed by atoms with Crippen LogP contribution in [0, 0.1) is 0 Å². The summed E-state index contributed by atoms with van der Waals surface area (Å²) in [5.74, 6) is 0.612. The van der Waals surface area contributed by atoms with Gasteiger partial charge in [0.05, 0.1) is 12.3 Å². The molecule has 0 heterocycles. The van der Waals surface area contributed by atoms with Gasteiger partial charge in [-0.05, 0) is 19.1 Å². The Bertz CT molecular complexity index is 381. The lowest BCUT2D eigenvalue weighted by Crippen LogP contribution is -1.98. The fourth-order valence-electron chi connectivity index (χ4n) is 0.938. The fraction of sp³-hybridized carbons (Fsp3) is 0.250. The molecule has 14 heavy (non-hydrogen) atoms. The molecule has 0 aliphatic rings. The van der Waals surface area contributed by atoms with Crippen molar-refractivity contribution < 1.29 is 17.3 Å². The number of nitrogen functional groups attached to an aromatic ring is 1. The average Bonchev–Trinajstić information content (AvgIpc) is 2.10. The van der Waals surface area contributed by atoms with Gasteiger partial charge in [0, 0.05) is 6.07 Å². The summed E-state index contributed by atoms with van der Waals surface area (Å²) in [6.07, 6.45) is 0. The van der Waals surface area contributed by atoms with Crippen LogP contribution in [0.2, 0.25) is 0 Å². The maximum absolute atomic E-state index is 10.3. The van der Waals surface area contributed by atoms with E-state index in [1.807, 2.05) is 0 Å². The van der Waals surface area contributed by atoms with E-state index in [0.29, 0.717) is 18.0 Å². The topological polar surface area (TPSA) is 78.6 Å². The van der Waals surface area contributed by atoms with Crippen molar-refractivity contribution in [2.45, 2.75) is 6.92 Å². The molecule has 0 unspecified atom stereocenters. The molecule has 78 valence electrons. The first-order valence-electron chi connectivity index (χ1n) is 3.98. The third kappa shape index (κ3) is 2.81. The zero-order valence-corrected chi connectivity index (χ0v) is 8.49. The number of hydrogen-bond donors (Lipinski definition) is 2. The summed E-state index contributed by atoms with van der Waals surface area (Å²) in [6.45, 7) is 2.26. The number of ether oxygens (including phenoxy) is 1. The van der Waals surface area contributed by atoms with Crippen molar-refractivity contribution in [3.05, 3.63) is 18.2 Å². The molecule has 2 N–H and O–H groups in total. The number of hydrogen-bond acceptors (Lipinski definition) is 5. The lowest BCUT2D eigenvalue weighted by atomic mass is 10.3. The highest BCUT2D eigenvalue weighted by molar-refractivity contribution is 7.67. The van der Waals surface area contributed by atoms with Crippen LogP contribution in [-0.4, -0.2) is 15.0 Å². The number of nitrogens with two attached hydrogens (primary N) is 1. The van der Waals surface area contributed by atoms with E-state index in [1.54, 1.807) is 6.92 Å². The van der Waals surface area contributed by atoms with Crippen molar-refractivity contribution in [2.75, 3.05) is 12.3 Å². The van der Waals surface area contributed by atoms with Crippen molar-refractivity contribution in [1.82, 2.24) is 0 Å². The van der Waals surface area contributed by atoms with E-state index in [2.05, 4.69) is 4.18 Å². The highest BCUT2D eigenvalue weighted by atomic mass is 32.2. The summed E-state index contributed by atoms with van der Waals surface area (Å²) in [5.41, 5.74) is 6.02. The first-order valence-corrected chi connectivity index (χ1v) is 5.07. The predicted molar refractivity (Wildman–Crippen MR) is 53.0 cm³/mol. The minimum Gasteiger partial charge on any atom is -0.492 e. The maximum atomic E-state index is 10.3. The molecular weight excluding hydrogens is 206 g/mol. The number of benzene rings is 1. The van der Waals surface area contributed by atoms with Crippen LogP contribution < -0.4 is 14.7 Å². The van der Waals surface area contributed by atoms with Crippen molar-refractivity contribution in [2.24, 2.45) is 0 Å². The number of anilines is 1. The van der Waals surface area contributed by atoms with Gasteiger partial charge < -0.3 is 14.7 Å². The Morgan fingerprint density at radius 2 is 2.14 bits per heavy atom. The molecule has 1 rings (SSSR count). The molecule has 0 bridgehead atoms. The van der Waals surface area contributed by atoms with Crippen LogP contribution in [-0.2, 0) is 11.0 Å². The summed E-state index contributed by atoms with van der Waals surface area (Å²) in [6, 6.07) is 4.42. The van der Waals surface area contributed by atoms with Crippen LogP contribution in [0.25, 0.3) is 0 Å². The minimum atomic E-state index is -2.90. The van der Waals surface area contributed by atoms with Crippen LogP contribution in [0.15, 0.2) is 18.2 Å². The maximum Gasteiger partial charge on any atom is 0.299 e. The first kappa shape index (κ1) is 10.6. The van der Waals surface area contributed by atoms with Crippen molar-refractivity contribution >= 4 is 16.7 Å². The monoisotopic (exact) mass is 217 g/mol. The van der Waals surface area contributed by atoms with E-state index in [0.717, 1.165) is 0 Å². The molecule has 5 nitrogen and oxygen atoms in total. The van der Waals surface area contributed by atoms with Crippen LogP contribution in [0.3, 0.4) is 0 Å². The van der Waals surface area contributed by atoms with Crippen molar-refractivity contribution in [3.63, 3.8) is 0 Å². The third-order valence-electron chi connectivity index (χ3n) is 1.46. The Labute approximate surface area is 83.6 Å². The van der Waals surface area contributed by atoms with Crippen LogP contribution in [0.4, 0.5) is 5.69 Å². The van der Waals surface area contributed by atoms with Gasteiger partial charge in [0.25, 0.3) is 11.0 Å². The second-order valence-corrected chi connectivity index (χ2v) is 3.08. The minimum absolute atomic E-state index is 0.193. The molecule has 1 aromatic carbocycles. The van der Waals surface area contributed by atoms with Crippen molar-refractivity contribution in [1.29, 1.82) is 0 Å². The summed E-state index contributed by atoms with van der Waals surface area (Å²) in [7, 11) is -2.90. The highest BCUT2D eigenvalue weighted by Crippen LogP contribution is 2.26. The van der Waals surface area contributed by atoms with Crippen LogP contribution >= 0.6 is 0 Å². The number of thiol groups is 1. The fourth-order valence-corrected chi connectivity index (χ4v) is 1.22. The van der Waals surface area contributed by atoms with Crippen molar-refractivity contribution in [3.8, 4) is 11.5 Å². The molecule has 0 saturated carbocycles. The molecule has 0 aromatic heterocycles. The first-order chi connectivity index (χ1) is 6.63. The smallest absolute Gasteiger partial charge is 0.299 e. The molecule has 0 atom stereocenters. The Morgan fingerprint density at radius 1 is 1.43 bits per heavy atom. The van der Waals surface area contributed by atoms with E-state index in [1.165, 1.54) is 18.2 Å². The summed E-state index contributed by atoms with van der Waals surface area (Å²) >= 11 is 0. The molecule has 6 heteroatoms. The average molecular weight is 217 g/mol. The largest absolute Gasteiger partial charge is 0.492 e. The van der Waals surface area contributed by atoms with Gasteiger partial charge in [-0.3, -0.25) is 0 Å². The second kappa shape index (κ2) is 4.71. The van der Waals surface area contributed by atoms with E-state index in [-0.39, 0.29) is 5.75 Å². The Hall–Kier alpha value is -1.43. The van der Waals surface area contributed by atoms with Crippen LogP contribution in [0.1, 0.15) is 6.92 Å². The summed E-state index contributed by atoms with van der Waals surface area (Å²) in [4.78, 5) is 0. The molecule has 0 aliphatic carbocycles. The quantitative estimate of drug-likeness (QED) is 0.569. The normalized spacial score (nSPS) is 10.1. The van der Waals surface area contributed by atoms with Gasteiger partial charge in [-0.2, -0.15) is 8.42 Å². The lowest BCUT2D eigenvalue weighted by Gasteiger charge is -2.07. The molecule has 0 aliphatic heterocycles. The Balaban J connectivity index is 2.93. The highest BCUT2D eigenvalue weighted by Gasteiger charge is 2.02. The second-order valence-electron chi connectivity index (χ2n) is 2.45. The van der Waals surface area contributed by atoms with Gasteiger partial charge in [0.2, 0.25) is 0 Å². The molecule has 0 spiro atoms. The van der Waals surface area contributed by atoms with E-state index in [4.69, 9.17) is 10.5 Å². The lowest BCUT2D eigenvalue weighted by molar-refractivity contribution is 0.341.